The van der Waals surface area contributed by atoms with Crippen molar-refractivity contribution in [2.24, 2.45) is 11.8 Å². The van der Waals surface area contributed by atoms with Crippen molar-refractivity contribution in [2.75, 3.05) is 12.3 Å². The van der Waals surface area contributed by atoms with Crippen LogP contribution in [-0.2, 0) is 14.6 Å². The summed E-state index contributed by atoms with van der Waals surface area (Å²) in [6.45, 7) is 2.94. The van der Waals surface area contributed by atoms with E-state index in [1.54, 1.807) is 24.3 Å². The van der Waals surface area contributed by atoms with E-state index in [-0.39, 0.29) is 23.6 Å². The van der Waals surface area contributed by atoms with Gasteiger partial charge in [0.25, 0.3) is 0 Å². The van der Waals surface area contributed by atoms with Crippen molar-refractivity contribution in [1.82, 2.24) is 4.90 Å². The predicted molar refractivity (Wildman–Crippen MR) is 108 cm³/mol. The molecule has 1 saturated heterocycles. The van der Waals surface area contributed by atoms with Gasteiger partial charge in [-0.15, -0.1) is 0 Å². The minimum absolute atomic E-state index is 0.0502. The van der Waals surface area contributed by atoms with Crippen molar-refractivity contribution in [1.29, 1.82) is 0 Å². The van der Waals surface area contributed by atoms with Crippen molar-refractivity contribution in [3.8, 4) is 0 Å². The fourth-order valence-electron chi connectivity index (χ4n) is 4.70. The molecule has 1 unspecified atom stereocenters. The number of hydrogen-bond acceptors (Lipinski definition) is 3. The molecule has 5 heteroatoms. The molecule has 2 aliphatic rings. The van der Waals surface area contributed by atoms with E-state index >= 15 is 0 Å². The number of benzene rings is 1. The highest BCUT2D eigenvalue weighted by Gasteiger charge is 2.37. The van der Waals surface area contributed by atoms with E-state index < -0.39 is 9.84 Å². The van der Waals surface area contributed by atoms with E-state index in [2.05, 4.69) is 6.92 Å². The molecule has 3 rings (SSSR count). The fraction of sp³-hybridized carbons (Fsp3) is 0.682. The second-order valence-corrected chi connectivity index (χ2v) is 10.3. The van der Waals surface area contributed by atoms with E-state index in [1.165, 1.54) is 19.3 Å². The van der Waals surface area contributed by atoms with Gasteiger partial charge in [0.1, 0.15) is 0 Å². The molecular formula is C22H33NO3S. The van der Waals surface area contributed by atoms with Crippen LogP contribution in [0.15, 0.2) is 35.2 Å². The van der Waals surface area contributed by atoms with Gasteiger partial charge in [-0.1, -0.05) is 44.4 Å². The minimum Gasteiger partial charge on any atom is -0.338 e. The summed E-state index contributed by atoms with van der Waals surface area (Å²) < 4.78 is 25.5. The third kappa shape index (κ3) is 5.13. The number of hydrogen-bond donors (Lipinski definition) is 0. The highest BCUT2D eigenvalue weighted by atomic mass is 32.2. The average molecular weight is 392 g/mol. The van der Waals surface area contributed by atoms with Crippen LogP contribution in [0.4, 0.5) is 0 Å². The maximum absolute atomic E-state index is 13.1. The second kappa shape index (κ2) is 9.22. The number of carbonyl (C=O) groups excluding carboxylic acids is 1. The Morgan fingerprint density at radius 3 is 2.44 bits per heavy atom. The molecule has 2 fully saturated rings. The number of nitrogens with zero attached hydrogens (tertiary/aromatic N) is 1. The van der Waals surface area contributed by atoms with Gasteiger partial charge in [0, 0.05) is 18.5 Å². The first-order chi connectivity index (χ1) is 13.0. The number of likely N-dealkylation sites (tertiary alicyclic amines) is 1. The van der Waals surface area contributed by atoms with Crippen LogP contribution in [0, 0.1) is 11.8 Å². The summed E-state index contributed by atoms with van der Waals surface area (Å²) in [6.07, 6.45) is 9.77. The molecule has 150 valence electrons. The standard InChI is InChI=1S/C22H33NO3S/c1-2-3-8-18-12-14-19(15-13-18)22(24)23-16-7-9-20(23)17-27(25,26)21-10-5-4-6-11-21/h4-6,10-11,18-20H,2-3,7-9,12-17H2,1H3. The molecule has 1 aromatic carbocycles. The van der Waals surface area contributed by atoms with Crippen LogP contribution in [0.2, 0.25) is 0 Å². The van der Waals surface area contributed by atoms with Gasteiger partial charge in [0.15, 0.2) is 9.84 Å². The summed E-state index contributed by atoms with van der Waals surface area (Å²) in [6, 6.07) is 8.45. The lowest BCUT2D eigenvalue weighted by Crippen LogP contribution is -2.43. The zero-order valence-electron chi connectivity index (χ0n) is 16.5. The van der Waals surface area contributed by atoms with Gasteiger partial charge >= 0.3 is 0 Å². The topological polar surface area (TPSA) is 54.5 Å². The molecule has 1 saturated carbocycles. The Hall–Kier alpha value is -1.36. The fourth-order valence-corrected chi connectivity index (χ4v) is 6.32. The van der Waals surface area contributed by atoms with Crippen LogP contribution in [0.3, 0.4) is 0 Å². The summed E-state index contributed by atoms with van der Waals surface area (Å²) in [5, 5.41) is 0. The van der Waals surface area contributed by atoms with Gasteiger partial charge in [-0.2, -0.15) is 0 Å². The van der Waals surface area contributed by atoms with Crippen LogP contribution in [0.5, 0.6) is 0 Å². The van der Waals surface area contributed by atoms with Crippen molar-refractivity contribution in [2.45, 2.75) is 75.6 Å². The summed E-state index contributed by atoms with van der Waals surface area (Å²) >= 11 is 0. The SMILES string of the molecule is CCCCC1CCC(C(=O)N2CCCC2CS(=O)(=O)c2ccccc2)CC1. The number of unbranched alkanes of at least 4 members (excludes halogenated alkanes) is 1. The van der Waals surface area contributed by atoms with E-state index in [9.17, 15) is 13.2 Å². The molecule has 1 aromatic rings. The predicted octanol–water partition coefficient (Wildman–Crippen LogP) is 4.45. The molecule has 1 heterocycles. The molecular weight excluding hydrogens is 358 g/mol. The highest BCUT2D eigenvalue weighted by Crippen LogP contribution is 2.34. The van der Waals surface area contributed by atoms with Crippen LogP contribution >= 0.6 is 0 Å². The molecule has 0 radical (unpaired) electrons. The first-order valence-electron chi connectivity index (χ1n) is 10.6. The van der Waals surface area contributed by atoms with Crippen molar-refractivity contribution >= 4 is 15.7 Å². The zero-order chi connectivity index (χ0) is 19.3. The maximum Gasteiger partial charge on any atom is 0.225 e. The van der Waals surface area contributed by atoms with Gasteiger partial charge in [-0.3, -0.25) is 4.79 Å². The molecule has 0 aromatic heterocycles. The number of sulfone groups is 1. The maximum atomic E-state index is 13.1. The van der Waals surface area contributed by atoms with Gasteiger partial charge in [-0.05, 0) is 56.6 Å². The van der Waals surface area contributed by atoms with Crippen LogP contribution in [0.1, 0.15) is 64.7 Å². The Balaban J connectivity index is 1.59. The minimum atomic E-state index is -3.35. The molecule has 1 aliphatic carbocycles. The molecule has 0 spiro atoms. The summed E-state index contributed by atoms with van der Waals surface area (Å²) in [5.41, 5.74) is 0. The van der Waals surface area contributed by atoms with Crippen molar-refractivity contribution < 1.29 is 13.2 Å². The Labute approximate surface area is 164 Å². The average Bonchev–Trinajstić information content (AvgIpc) is 3.14. The lowest BCUT2D eigenvalue weighted by atomic mass is 9.79. The smallest absolute Gasteiger partial charge is 0.225 e. The van der Waals surface area contributed by atoms with E-state index in [0.717, 1.165) is 44.4 Å². The lowest BCUT2D eigenvalue weighted by molar-refractivity contribution is -0.137. The summed E-state index contributed by atoms with van der Waals surface area (Å²) in [4.78, 5) is 15.3. The molecule has 27 heavy (non-hydrogen) atoms. The number of rotatable bonds is 7. The molecule has 1 atom stereocenters. The summed E-state index contributed by atoms with van der Waals surface area (Å²) in [7, 11) is -3.35. The van der Waals surface area contributed by atoms with Crippen LogP contribution in [-0.4, -0.2) is 37.6 Å². The molecule has 4 nitrogen and oxygen atoms in total. The first kappa shape index (κ1) is 20.4. The normalized spacial score (nSPS) is 26.3. The lowest BCUT2D eigenvalue weighted by Gasteiger charge is -2.33. The number of carbonyl (C=O) groups is 1. The van der Waals surface area contributed by atoms with E-state index in [4.69, 9.17) is 0 Å². The first-order valence-corrected chi connectivity index (χ1v) is 12.2. The van der Waals surface area contributed by atoms with E-state index in [0.29, 0.717) is 11.4 Å². The Kier molecular flexibility index (Phi) is 6.96. The molecule has 0 bridgehead atoms. The van der Waals surface area contributed by atoms with E-state index in [1.807, 2.05) is 11.0 Å². The third-order valence-corrected chi connectivity index (χ3v) is 8.15. The van der Waals surface area contributed by atoms with Gasteiger partial charge in [0.2, 0.25) is 5.91 Å². The Morgan fingerprint density at radius 2 is 1.78 bits per heavy atom. The zero-order valence-corrected chi connectivity index (χ0v) is 17.3. The van der Waals surface area contributed by atoms with Crippen LogP contribution < -0.4 is 0 Å². The monoisotopic (exact) mass is 391 g/mol. The van der Waals surface area contributed by atoms with Crippen molar-refractivity contribution in [3.05, 3.63) is 30.3 Å². The van der Waals surface area contributed by atoms with Gasteiger partial charge in [0.05, 0.1) is 10.6 Å². The number of amides is 1. The summed E-state index contributed by atoms with van der Waals surface area (Å²) in [5.74, 6) is 1.13. The molecule has 0 N–H and O–H groups in total. The molecule has 1 aliphatic heterocycles. The van der Waals surface area contributed by atoms with Crippen molar-refractivity contribution in [3.63, 3.8) is 0 Å². The highest BCUT2D eigenvalue weighted by molar-refractivity contribution is 7.91. The van der Waals surface area contributed by atoms with Crippen LogP contribution in [0.25, 0.3) is 0 Å². The third-order valence-electron chi connectivity index (χ3n) is 6.34. The quantitative estimate of drug-likeness (QED) is 0.690. The largest absolute Gasteiger partial charge is 0.338 e. The van der Waals surface area contributed by atoms with Gasteiger partial charge < -0.3 is 4.90 Å². The Bertz CT molecular complexity index is 708. The second-order valence-electron chi connectivity index (χ2n) is 8.28. The molecule has 1 amide bonds. The Morgan fingerprint density at radius 1 is 1.07 bits per heavy atom. The van der Waals surface area contributed by atoms with Gasteiger partial charge in [-0.25, -0.2) is 8.42 Å².